The molecule has 0 atom stereocenters. The van der Waals surface area contributed by atoms with Gasteiger partial charge in [0.05, 0.1) is 0 Å². The summed E-state index contributed by atoms with van der Waals surface area (Å²) in [5, 5.41) is 0. The van der Waals surface area contributed by atoms with E-state index in [-0.39, 0.29) is 13.6 Å². The lowest BCUT2D eigenvalue weighted by Gasteiger charge is -2.20. The van der Waals surface area contributed by atoms with Crippen LogP contribution in [0.15, 0.2) is 97.1 Å². The van der Waals surface area contributed by atoms with Crippen LogP contribution in [0.1, 0.15) is 19.4 Å². The van der Waals surface area contributed by atoms with Crippen molar-refractivity contribution in [1.29, 1.82) is 0 Å². The molecule has 0 saturated heterocycles. The SMILES string of the molecule is COC(C)(C)C(=O)OCOc1ccc(-c2ccc(OCOC(=O)C=CC=Cc3ccccc3)cc2)cc1. The molecule has 0 unspecified atom stereocenters. The first kappa shape index (κ1) is 27.2. The Hall–Kier alpha value is -4.36. The van der Waals surface area contributed by atoms with Crippen LogP contribution in [0.5, 0.6) is 11.5 Å². The number of rotatable bonds is 12. The fraction of sp³-hybridized carbons (Fsp3) is 0.200. The van der Waals surface area contributed by atoms with E-state index in [1.54, 1.807) is 50.3 Å². The molecule has 3 rings (SSSR count). The predicted octanol–water partition coefficient (Wildman–Crippen LogP) is 5.81. The van der Waals surface area contributed by atoms with Crippen molar-refractivity contribution in [2.24, 2.45) is 0 Å². The minimum absolute atomic E-state index is 0.191. The lowest BCUT2D eigenvalue weighted by molar-refractivity contribution is -0.171. The van der Waals surface area contributed by atoms with Gasteiger partial charge in [-0.15, -0.1) is 0 Å². The highest BCUT2D eigenvalue weighted by molar-refractivity contribution is 5.82. The molecule has 0 aliphatic rings. The lowest BCUT2D eigenvalue weighted by Crippen LogP contribution is -2.36. The fourth-order valence-corrected chi connectivity index (χ4v) is 2.96. The second-order valence-electron chi connectivity index (χ2n) is 8.31. The second kappa shape index (κ2) is 13.7. The first-order valence-electron chi connectivity index (χ1n) is 11.6. The number of ether oxygens (including phenoxy) is 5. The third kappa shape index (κ3) is 8.98. The zero-order valence-electron chi connectivity index (χ0n) is 21.1. The number of hydrogen-bond acceptors (Lipinski definition) is 7. The minimum atomic E-state index is -1.03. The predicted molar refractivity (Wildman–Crippen MR) is 141 cm³/mol. The maximum atomic E-state index is 11.9. The standard InChI is InChI=1S/C30H30O7/c1-30(2,33-3)29(32)37-22-35-27-19-15-25(16-20-27)24-13-17-26(18-14-24)34-21-36-28(31)12-8-7-11-23-9-5-4-6-10-23/h4-20H,21-22H2,1-3H3. The number of benzene rings is 3. The molecule has 0 radical (unpaired) electrons. The summed E-state index contributed by atoms with van der Waals surface area (Å²) in [6, 6.07) is 24.5. The molecule has 37 heavy (non-hydrogen) atoms. The number of hydrogen-bond donors (Lipinski definition) is 0. The molecule has 0 spiro atoms. The maximum absolute atomic E-state index is 11.9. The van der Waals surface area contributed by atoms with Gasteiger partial charge in [-0.2, -0.15) is 0 Å². The molecule has 0 saturated carbocycles. The number of carbonyl (C=O) groups is 2. The highest BCUT2D eigenvalue weighted by atomic mass is 16.7. The number of allylic oxidation sites excluding steroid dienone is 2. The molecule has 0 N–H and O–H groups in total. The topological polar surface area (TPSA) is 80.3 Å². The Morgan fingerprint density at radius 3 is 1.81 bits per heavy atom. The normalized spacial score (nSPS) is 11.4. The van der Waals surface area contributed by atoms with Gasteiger partial charge in [0.2, 0.25) is 13.6 Å². The summed E-state index contributed by atoms with van der Waals surface area (Å²) in [6.07, 6.45) is 6.62. The van der Waals surface area contributed by atoms with Crippen LogP contribution < -0.4 is 9.47 Å². The third-order valence-corrected chi connectivity index (χ3v) is 5.32. The van der Waals surface area contributed by atoms with Gasteiger partial charge in [0.1, 0.15) is 11.5 Å². The zero-order valence-corrected chi connectivity index (χ0v) is 21.1. The third-order valence-electron chi connectivity index (χ3n) is 5.32. The molecule has 3 aromatic carbocycles. The Morgan fingerprint density at radius 1 is 0.730 bits per heavy atom. The van der Waals surface area contributed by atoms with Gasteiger partial charge in [-0.25, -0.2) is 9.59 Å². The van der Waals surface area contributed by atoms with E-state index in [1.807, 2.05) is 60.7 Å². The van der Waals surface area contributed by atoms with Crippen molar-refractivity contribution in [2.45, 2.75) is 19.4 Å². The van der Waals surface area contributed by atoms with Gasteiger partial charge in [0, 0.05) is 13.2 Å². The molecule has 192 valence electrons. The van der Waals surface area contributed by atoms with Gasteiger partial charge in [-0.3, -0.25) is 0 Å². The summed E-state index contributed by atoms with van der Waals surface area (Å²) in [7, 11) is 1.44. The molecule has 0 bridgehead atoms. The molecule has 7 heteroatoms. The molecule has 7 nitrogen and oxygen atoms in total. The average molecular weight is 503 g/mol. The Morgan fingerprint density at radius 2 is 1.27 bits per heavy atom. The van der Waals surface area contributed by atoms with E-state index in [0.717, 1.165) is 16.7 Å². The second-order valence-corrected chi connectivity index (χ2v) is 8.31. The van der Waals surface area contributed by atoms with Gasteiger partial charge >= 0.3 is 11.9 Å². The summed E-state index contributed by atoms with van der Waals surface area (Å²) >= 11 is 0. The quantitative estimate of drug-likeness (QED) is 0.134. The van der Waals surface area contributed by atoms with Gasteiger partial charge < -0.3 is 23.7 Å². The van der Waals surface area contributed by atoms with Gasteiger partial charge in [0.25, 0.3) is 0 Å². The minimum Gasteiger partial charge on any atom is -0.457 e. The largest absolute Gasteiger partial charge is 0.457 e. The van der Waals surface area contributed by atoms with Crippen LogP contribution in [0, 0.1) is 0 Å². The number of carbonyl (C=O) groups excluding carboxylic acids is 2. The van der Waals surface area contributed by atoms with Crippen molar-refractivity contribution >= 4 is 18.0 Å². The monoisotopic (exact) mass is 502 g/mol. The van der Waals surface area contributed by atoms with E-state index in [2.05, 4.69) is 0 Å². The number of methoxy groups -OCH3 is 1. The molecular weight excluding hydrogens is 472 g/mol. The summed E-state index contributed by atoms with van der Waals surface area (Å²) < 4.78 is 26.2. The van der Waals surface area contributed by atoms with Crippen LogP contribution in [0.4, 0.5) is 0 Å². The van der Waals surface area contributed by atoms with Crippen molar-refractivity contribution in [3.05, 3.63) is 103 Å². The van der Waals surface area contributed by atoms with Crippen LogP contribution in [0.2, 0.25) is 0 Å². The van der Waals surface area contributed by atoms with Crippen molar-refractivity contribution < 1.29 is 33.3 Å². The fourth-order valence-electron chi connectivity index (χ4n) is 2.96. The lowest BCUT2D eigenvalue weighted by atomic mass is 10.1. The van der Waals surface area contributed by atoms with Crippen LogP contribution in [-0.4, -0.2) is 38.2 Å². The van der Waals surface area contributed by atoms with Crippen LogP contribution in [0.3, 0.4) is 0 Å². The van der Waals surface area contributed by atoms with Gasteiger partial charge in [-0.1, -0.05) is 72.8 Å². The average Bonchev–Trinajstić information content (AvgIpc) is 2.92. The first-order valence-corrected chi connectivity index (χ1v) is 11.6. The maximum Gasteiger partial charge on any atom is 0.340 e. The highest BCUT2D eigenvalue weighted by Crippen LogP contribution is 2.25. The molecule has 0 aliphatic heterocycles. The Balaban J connectivity index is 1.40. The van der Waals surface area contributed by atoms with Crippen molar-refractivity contribution in [2.75, 3.05) is 20.7 Å². The van der Waals surface area contributed by atoms with Crippen molar-refractivity contribution in [1.82, 2.24) is 0 Å². The smallest absolute Gasteiger partial charge is 0.340 e. The molecule has 3 aromatic rings. The van der Waals surface area contributed by atoms with Crippen LogP contribution >= 0.6 is 0 Å². The van der Waals surface area contributed by atoms with E-state index in [4.69, 9.17) is 23.7 Å². The van der Waals surface area contributed by atoms with E-state index in [9.17, 15) is 9.59 Å². The summed E-state index contributed by atoms with van der Waals surface area (Å²) in [5.74, 6) is 0.147. The summed E-state index contributed by atoms with van der Waals surface area (Å²) in [6.45, 7) is 2.85. The van der Waals surface area contributed by atoms with E-state index >= 15 is 0 Å². The number of esters is 2. The van der Waals surface area contributed by atoms with E-state index in [0.29, 0.717) is 11.5 Å². The van der Waals surface area contributed by atoms with Crippen molar-refractivity contribution in [3.8, 4) is 22.6 Å². The Bertz CT molecular complexity index is 1190. The summed E-state index contributed by atoms with van der Waals surface area (Å²) in [4.78, 5) is 23.7. The molecule has 0 aliphatic carbocycles. The van der Waals surface area contributed by atoms with E-state index < -0.39 is 17.5 Å². The van der Waals surface area contributed by atoms with Gasteiger partial charge in [-0.05, 0) is 54.8 Å². The Kier molecular flexibility index (Phi) is 10.0. The zero-order chi connectivity index (χ0) is 26.5. The first-order chi connectivity index (χ1) is 17.9. The van der Waals surface area contributed by atoms with Crippen molar-refractivity contribution in [3.63, 3.8) is 0 Å². The van der Waals surface area contributed by atoms with Crippen LogP contribution in [-0.2, 0) is 23.8 Å². The Labute approximate surface area is 216 Å². The molecule has 0 aromatic heterocycles. The molecular formula is C30H30O7. The van der Waals surface area contributed by atoms with Crippen LogP contribution in [0.25, 0.3) is 17.2 Å². The molecule has 0 amide bonds. The molecule has 0 fully saturated rings. The molecule has 0 heterocycles. The van der Waals surface area contributed by atoms with E-state index in [1.165, 1.54) is 13.2 Å². The highest BCUT2D eigenvalue weighted by Gasteiger charge is 2.28. The summed E-state index contributed by atoms with van der Waals surface area (Å²) in [5.41, 5.74) is 1.96. The van der Waals surface area contributed by atoms with Gasteiger partial charge in [0.15, 0.2) is 5.60 Å².